The fraction of sp³-hybridized carbons (Fsp3) is 1.00. The van der Waals surface area contributed by atoms with Gasteiger partial charge in [0, 0.05) is 6.04 Å². The van der Waals surface area contributed by atoms with E-state index in [0.29, 0.717) is 6.04 Å². The second kappa shape index (κ2) is 11.4. The maximum absolute atomic E-state index is 3.58. The van der Waals surface area contributed by atoms with Gasteiger partial charge in [-0.25, -0.2) is 0 Å². The third-order valence-electron chi connectivity index (χ3n) is 2.53. The standard InChI is InChI=1S/C12H27NS/c1-4-5-6-7-8-10-13-12(2)9-11-14-3/h12-13H,4-11H2,1-3H3. The Kier molecular flexibility index (Phi) is 11.6. The highest BCUT2D eigenvalue weighted by molar-refractivity contribution is 7.98. The topological polar surface area (TPSA) is 12.0 Å². The molecule has 0 radical (unpaired) electrons. The summed E-state index contributed by atoms with van der Waals surface area (Å²) in [4.78, 5) is 0. The molecule has 0 amide bonds. The van der Waals surface area contributed by atoms with E-state index in [9.17, 15) is 0 Å². The molecule has 0 fully saturated rings. The van der Waals surface area contributed by atoms with Gasteiger partial charge >= 0.3 is 0 Å². The maximum atomic E-state index is 3.58. The van der Waals surface area contributed by atoms with Crippen molar-refractivity contribution < 1.29 is 0 Å². The molecular weight excluding hydrogens is 190 g/mol. The molecule has 0 spiro atoms. The molecule has 0 bridgehead atoms. The quantitative estimate of drug-likeness (QED) is 0.560. The number of thioether (sulfide) groups is 1. The minimum absolute atomic E-state index is 0.702. The molecule has 0 aromatic rings. The number of nitrogens with one attached hydrogen (secondary N) is 1. The van der Waals surface area contributed by atoms with Crippen molar-refractivity contribution >= 4 is 11.8 Å². The maximum Gasteiger partial charge on any atom is 0.00465 e. The monoisotopic (exact) mass is 217 g/mol. The van der Waals surface area contributed by atoms with Crippen molar-refractivity contribution in [2.45, 2.75) is 58.4 Å². The molecule has 0 aliphatic rings. The van der Waals surface area contributed by atoms with Gasteiger partial charge in [0.2, 0.25) is 0 Å². The second-order valence-corrected chi connectivity index (χ2v) is 5.04. The van der Waals surface area contributed by atoms with Crippen LogP contribution < -0.4 is 5.32 Å². The lowest BCUT2D eigenvalue weighted by Crippen LogP contribution is -2.27. The van der Waals surface area contributed by atoms with Gasteiger partial charge in [-0.15, -0.1) is 0 Å². The summed E-state index contributed by atoms with van der Waals surface area (Å²) in [6.45, 7) is 5.77. The van der Waals surface area contributed by atoms with E-state index in [0.717, 1.165) is 0 Å². The number of unbranched alkanes of at least 4 members (excludes halogenated alkanes) is 4. The first-order valence-electron chi connectivity index (χ1n) is 6.03. The van der Waals surface area contributed by atoms with Crippen LogP contribution in [0.3, 0.4) is 0 Å². The zero-order chi connectivity index (χ0) is 10.6. The Morgan fingerprint density at radius 1 is 1.14 bits per heavy atom. The molecule has 0 heterocycles. The summed E-state index contributed by atoms with van der Waals surface area (Å²) in [5, 5.41) is 3.58. The molecule has 1 atom stereocenters. The van der Waals surface area contributed by atoms with Gasteiger partial charge in [-0.1, -0.05) is 32.6 Å². The van der Waals surface area contributed by atoms with Crippen molar-refractivity contribution in [2.24, 2.45) is 0 Å². The second-order valence-electron chi connectivity index (χ2n) is 4.05. The van der Waals surface area contributed by atoms with E-state index in [4.69, 9.17) is 0 Å². The molecule has 0 aromatic carbocycles. The summed E-state index contributed by atoms with van der Waals surface area (Å²) in [5.74, 6) is 1.28. The Balaban J connectivity index is 3.02. The van der Waals surface area contributed by atoms with Gasteiger partial charge < -0.3 is 5.32 Å². The van der Waals surface area contributed by atoms with Crippen LogP contribution in [0.1, 0.15) is 52.4 Å². The van der Waals surface area contributed by atoms with Gasteiger partial charge in [0.15, 0.2) is 0 Å². The number of hydrogen-bond donors (Lipinski definition) is 1. The molecule has 0 rings (SSSR count). The van der Waals surface area contributed by atoms with Crippen molar-refractivity contribution in [1.29, 1.82) is 0 Å². The van der Waals surface area contributed by atoms with E-state index in [2.05, 4.69) is 25.4 Å². The van der Waals surface area contributed by atoms with Gasteiger partial charge in [0.05, 0.1) is 0 Å². The first-order chi connectivity index (χ1) is 6.81. The van der Waals surface area contributed by atoms with Crippen LogP contribution in [-0.4, -0.2) is 24.6 Å². The van der Waals surface area contributed by atoms with Crippen molar-refractivity contribution in [3.05, 3.63) is 0 Å². The van der Waals surface area contributed by atoms with Crippen molar-refractivity contribution in [3.8, 4) is 0 Å². The van der Waals surface area contributed by atoms with E-state index in [1.54, 1.807) is 0 Å². The van der Waals surface area contributed by atoms with E-state index >= 15 is 0 Å². The molecule has 0 aromatic heterocycles. The highest BCUT2D eigenvalue weighted by Crippen LogP contribution is 2.03. The first-order valence-corrected chi connectivity index (χ1v) is 7.43. The van der Waals surface area contributed by atoms with Crippen LogP contribution in [0.15, 0.2) is 0 Å². The molecule has 1 N–H and O–H groups in total. The van der Waals surface area contributed by atoms with Gasteiger partial charge in [-0.05, 0) is 38.3 Å². The van der Waals surface area contributed by atoms with Gasteiger partial charge in [0.1, 0.15) is 0 Å². The Bertz CT molecular complexity index is 106. The third kappa shape index (κ3) is 10.4. The fourth-order valence-corrected chi connectivity index (χ4v) is 2.06. The van der Waals surface area contributed by atoms with Crippen molar-refractivity contribution in [2.75, 3.05) is 18.6 Å². The Labute approximate surface area is 94.4 Å². The van der Waals surface area contributed by atoms with E-state index in [1.165, 1.54) is 50.8 Å². The van der Waals surface area contributed by atoms with Crippen LogP contribution in [0.25, 0.3) is 0 Å². The van der Waals surface area contributed by atoms with E-state index in [1.807, 2.05) is 11.8 Å². The molecule has 2 heteroatoms. The zero-order valence-corrected chi connectivity index (χ0v) is 11.0. The molecule has 1 unspecified atom stereocenters. The number of rotatable bonds is 10. The van der Waals surface area contributed by atoms with Crippen LogP contribution in [0.4, 0.5) is 0 Å². The minimum atomic E-state index is 0.702. The minimum Gasteiger partial charge on any atom is -0.314 e. The summed E-state index contributed by atoms with van der Waals surface area (Å²) in [6.07, 6.45) is 10.4. The zero-order valence-electron chi connectivity index (χ0n) is 10.1. The van der Waals surface area contributed by atoms with Gasteiger partial charge in [-0.3, -0.25) is 0 Å². The highest BCUT2D eigenvalue weighted by atomic mass is 32.2. The molecule has 0 aliphatic heterocycles. The average molecular weight is 217 g/mol. The summed E-state index contributed by atoms with van der Waals surface area (Å²) >= 11 is 1.94. The Morgan fingerprint density at radius 2 is 1.86 bits per heavy atom. The molecule has 0 aliphatic carbocycles. The Hall–Kier alpha value is 0.310. The molecule has 0 saturated heterocycles. The highest BCUT2D eigenvalue weighted by Gasteiger charge is 1.98. The van der Waals surface area contributed by atoms with Crippen LogP contribution >= 0.6 is 11.8 Å². The van der Waals surface area contributed by atoms with Crippen LogP contribution in [0.2, 0.25) is 0 Å². The Morgan fingerprint density at radius 3 is 2.50 bits per heavy atom. The fourth-order valence-electron chi connectivity index (χ4n) is 1.47. The van der Waals surface area contributed by atoms with Crippen LogP contribution in [0, 0.1) is 0 Å². The third-order valence-corrected chi connectivity index (χ3v) is 3.17. The first kappa shape index (κ1) is 14.3. The predicted molar refractivity (Wildman–Crippen MR) is 69.2 cm³/mol. The van der Waals surface area contributed by atoms with Crippen LogP contribution in [0.5, 0.6) is 0 Å². The molecular formula is C12H27NS. The number of hydrogen-bond acceptors (Lipinski definition) is 2. The van der Waals surface area contributed by atoms with Gasteiger partial charge in [0.25, 0.3) is 0 Å². The smallest absolute Gasteiger partial charge is 0.00465 e. The average Bonchev–Trinajstić information content (AvgIpc) is 2.20. The largest absolute Gasteiger partial charge is 0.314 e. The molecule has 86 valence electrons. The molecule has 0 saturated carbocycles. The lowest BCUT2D eigenvalue weighted by atomic mass is 10.1. The lowest BCUT2D eigenvalue weighted by Gasteiger charge is -2.12. The normalized spacial score (nSPS) is 13.1. The SMILES string of the molecule is CCCCCCCNC(C)CCSC. The predicted octanol–water partition coefficient (Wildman–Crippen LogP) is 3.69. The van der Waals surface area contributed by atoms with E-state index < -0.39 is 0 Å². The van der Waals surface area contributed by atoms with Crippen LogP contribution in [-0.2, 0) is 0 Å². The van der Waals surface area contributed by atoms with Gasteiger partial charge in [-0.2, -0.15) is 11.8 Å². The summed E-state index contributed by atoms with van der Waals surface area (Å²) in [6, 6.07) is 0.702. The van der Waals surface area contributed by atoms with E-state index in [-0.39, 0.29) is 0 Å². The summed E-state index contributed by atoms with van der Waals surface area (Å²) in [7, 11) is 0. The summed E-state index contributed by atoms with van der Waals surface area (Å²) < 4.78 is 0. The van der Waals surface area contributed by atoms with Crippen molar-refractivity contribution in [3.63, 3.8) is 0 Å². The van der Waals surface area contributed by atoms with Crippen molar-refractivity contribution in [1.82, 2.24) is 5.32 Å². The lowest BCUT2D eigenvalue weighted by molar-refractivity contribution is 0.509. The molecule has 14 heavy (non-hydrogen) atoms. The summed E-state index contributed by atoms with van der Waals surface area (Å²) in [5.41, 5.74) is 0. The molecule has 1 nitrogen and oxygen atoms in total.